The van der Waals surface area contributed by atoms with Crippen molar-refractivity contribution in [3.05, 3.63) is 0 Å². The van der Waals surface area contributed by atoms with Crippen LogP contribution in [-0.4, -0.2) is 0 Å². The Hall–Kier alpha value is 0. The van der Waals surface area contributed by atoms with Gasteiger partial charge >= 0.3 is 0 Å². The highest BCUT2D eigenvalue weighted by atomic mass is 14.2. The molecule has 0 amide bonds. The van der Waals surface area contributed by atoms with Gasteiger partial charge in [-0.2, -0.15) is 0 Å². The van der Waals surface area contributed by atoms with Gasteiger partial charge in [-0.1, -0.05) is 425 Å². The minimum atomic E-state index is 1.03. The van der Waals surface area contributed by atoms with Crippen molar-refractivity contribution >= 4 is 0 Å². The molecule has 0 atom stereocenters. The molecule has 0 saturated carbocycles. The predicted molar refractivity (Wildman–Crippen MR) is 311 cm³/mol. The molecule has 0 N–H and O–H groups in total. The van der Waals surface area contributed by atoms with Crippen LogP contribution in [0.25, 0.3) is 0 Å². The molecule has 0 heterocycles. The standard InChI is InChI=1S/C67H136/c1-4-7-10-13-16-19-22-25-28-31-34-37-40-43-46-49-52-55-58-61-64-67(65-62-59-56-53-50-47-44-41-38-35-32-29-26-23-20-17-14-11-8-5-2)66-63-60-57-54-51-48-45-42-39-36-33-30-27-24-21-18-15-12-9-6-3/h67H,4-66H2,1-3H3. The van der Waals surface area contributed by atoms with Crippen molar-refractivity contribution < 1.29 is 0 Å². The van der Waals surface area contributed by atoms with Crippen molar-refractivity contribution in [1.29, 1.82) is 0 Å². The van der Waals surface area contributed by atoms with Crippen LogP contribution < -0.4 is 0 Å². The second-order valence-electron chi connectivity index (χ2n) is 23.4. The van der Waals surface area contributed by atoms with E-state index in [1.165, 1.54) is 405 Å². The smallest absolute Gasteiger partial charge is 0.0414 e. The number of unbranched alkanes of at least 4 members (excludes halogenated alkanes) is 57. The zero-order valence-corrected chi connectivity index (χ0v) is 48.1. The summed E-state index contributed by atoms with van der Waals surface area (Å²) < 4.78 is 0. The van der Waals surface area contributed by atoms with E-state index in [1.807, 2.05) is 0 Å². The van der Waals surface area contributed by atoms with Gasteiger partial charge in [0.25, 0.3) is 0 Å². The Bertz CT molecular complexity index is 693. The Morgan fingerprint density at radius 1 is 0.119 bits per heavy atom. The lowest BCUT2D eigenvalue weighted by Gasteiger charge is -2.17. The summed E-state index contributed by atoms with van der Waals surface area (Å²) in [5.41, 5.74) is 0. The quantitative estimate of drug-likeness (QED) is 0.0533. The summed E-state index contributed by atoms with van der Waals surface area (Å²) in [4.78, 5) is 0. The van der Waals surface area contributed by atoms with Crippen molar-refractivity contribution in [2.45, 2.75) is 425 Å². The van der Waals surface area contributed by atoms with E-state index >= 15 is 0 Å². The fraction of sp³-hybridized carbons (Fsp3) is 1.00. The average molecular weight is 942 g/mol. The lowest BCUT2D eigenvalue weighted by Crippen LogP contribution is -2.01. The zero-order chi connectivity index (χ0) is 48.1. The summed E-state index contributed by atoms with van der Waals surface area (Å²) in [6.45, 7) is 6.96. The molecule has 0 aromatic heterocycles. The maximum Gasteiger partial charge on any atom is -0.0414 e. The summed E-state index contributed by atoms with van der Waals surface area (Å²) in [7, 11) is 0. The molecule has 67 heavy (non-hydrogen) atoms. The van der Waals surface area contributed by atoms with Crippen LogP contribution in [0.15, 0.2) is 0 Å². The molecule has 0 aliphatic carbocycles. The average Bonchev–Trinajstić information content (AvgIpc) is 3.34. The lowest BCUT2D eigenvalue weighted by molar-refractivity contribution is 0.365. The molecular formula is C67H136. The van der Waals surface area contributed by atoms with Gasteiger partial charge in [0.1, 0.15) is 0 Å². The first-order valence-electron chi connectivity index (χ1n) is 33.3. The molecule has 0 unspecified atom stereocenters. The van der Waals surface area contributed by atoms with Gasteiger partial charge in [-0.3, -0.25) is 0 Å². The Balaban J connectivity index is 3.97. The zero-order valence-electron chi connectivity index (χ0n) is 48.1. The van der Waals surface area contributed by atoms with E-state index in [0.717, 1.165) is 5.92 Å². The maximum absolute atomic E-state index is 2.32. The van der Waals surface area contributed by atoms with E-state index in [2.05, 4.69) is 20.8 Å². The third-order valence-electron chi connectivity index (χ3n) is 16.4. The summed E-state index contributed by atoms with van der Waals surface area (Å²) >= 11 is 0. The van der Waals surface area contributed by atoms with Crippen LogP contribution in [0.4, 0.5) is 0 Å². The number of hydrogen-bond acceptors (Lipinski definition) is 0. The predicted octanol–water partition coefficient (Wildman–Crippen LogP) is 26.2. The van der Waals surface area contributed by atoms with Gasteiger partial charge in [0.05, 0.1) is 0 Å². The van der Waals surface area contributed by atoms with Gasteiger partial charge in [0, 0.05) is 0 Å². The van der Waals surface area contributed by atoms with E-state index in [0.29, 0.717) is 0 Å². The second-order valence-corrected chi connectivity index (χ2v) is 23.4. The molecule has 404 valence electrons. The van der Waals surface area contributed by atoms with E-state index in [-0.39, 0.29) is 0 Å². The Morgan fingerprint density at radius 2 is 0.209 bits per heavy atom. The molecule has 0 spiro atoms. The summed E-state index contributed by atoms with van der Waals surface area (Å²) in [6.07, 6.45) is 93.8. The first kappa shape index (κ1) is 67.0. The molecule has 0 nitrogen and oxygen atoms in total. The summed E-state index contributed by atoms with van der Waals surface area (Å²) in [6, 6.07) is 0. The molecule has 0 aliphatic rings. The van der Waals surface area contributed by atoms with Crippen molar-refractivity contribution in [1.82, 2.24) is 0 Å². The molecule has 0 bridgehead atoms. The molecule has 0 saturated heterocycles. The van der Waals surface area contributed by atoms with Gasteiger partial charge in [-0.25, -0.2) is 0 Å². The molecule has 0 rings (SSSR count). The van der Waals surface area contributed by atoms with Crippen LogP contribution in [-0.2, 0) is 0 Å². The van der Waals surface area contributed by atoms with Crippen LogP contribution in [0.2, 0.25) is 0 Å². The molecule has 0 aromatic carbocycles. The first-order valence-corrected chi connectivity index (χ1v) is 33.3. The first-order chi connectivity index (χ1) is 33.3. The molecule has 0 fully saturated rings. The van der Waals surface area contributed by atoms with Gasteiger partial charge < -0.3 is 0 Å². The highest BCUT2D eigenvalue weighted by molar-refractivity contribution is 4.63. The lowest BCUT2D eigenvalue weighted by atomic mass is 9.89. The molecular weight excluding hydrogens is 805 g/mol. The Labute approximate surface area is 429 Å². The highest BCUT2D eigenvalue weighted by Gasteiger charge is 2.09. The fourth-order valence-electron chi connectivity index (χ4n) is 11.5. The minimum absolute atomic E-state index is 1.03. The molecule has 0 aliphatic heterocycles. The Morgan fingerprint density at radius 3 is 0.313 bits per heavy atom. The summed E-state index contributed by atoms with van der Waals surface area (Å²) in [5.74, 6) is 1.03. The van der Waals surface area contributed by atoms with Crippen LogP contribution in [0.3, 0.4) is 0 Å². The minimum Gasteiger partial charge on any atom is -0.0654 e. The normalized spacial score (nSPS) is 11.8. The SMILES string of the molecule is CCCCCCCCCCCCCCCCCCCCCCC(CCCCCCCCCCCCCCCCCCCCCC)CCCCCCCCCCCCCCCCCCCCCC. The van der Waals surface area contributed by atoms with Crippen molar-refractivity contribution in [3.63, 3.8) is 0 Å². The third-order valence-corrected chi connectivity index (χ3v) is 16.4. The molecule has 0 aromatic rings. The van der Waals surface area contributed by atoms with Gasteiger partial charge in [0.2, 0.25) is 0 Å². The fourth-order valence-corrected chi connectivity index (χ4v) is 11.5. The van der Waals surface area contributed by atoms with E-state index < -0.39 is 0 Å². The summed E-state index contributed by atoms with van der Waals surface area (Å²) in [5, 5.41) is 0. The van der Waals surface area contributed by atoms with Crippen LogP contribution in [0.1, 0.15) is 425 Å². The molecule has 0 heteroatoms. The van der Waals surface area contributed by atoms with E-state index in [4.69, 9.17) is 0 Å². The van der Waals surface area contributed by atoms with Crippen molar-refractivity contribution in [2.75, 3.05) is 0 Å². The monoisotopic (exact) mass is 941 g/mol. The van der Waals surface area contributed by atoms with Gasteiger partial charge in [0.15, 0.2) is 0 Å². The third kappa shape index (κ3) is 62.1. The van der Waals surface area contributed by atoms with Crippen LogP contribution in [0, 0.1) is 5.92 Å². The second kappa shape index (κ2) is 64.0. The number of rotatable bonds is 63. The van der Waals surface area contributed by atoms with Crippen LogP contribution >= 0.6 is 0 Å². The van der Waals surface area contributed by atoms with Gasteiger partial charge in [-0.05, 0) is 5.92 Å². The van der Waals surface area contributed by atoms with Crippen molar-refractivity contribution in [3.8, 4) is 0 Å². The highest BCUT2D eigenvalue weighted by Crippen LogP contribution is 2.26. The van der Waals surface area contributed by atoms with Crippen LogP contribution in [0.5, 0.6) is 0 Å². The maximum atomic E-state index is 2.32. The molecule has 0 radical (unpaired) electrons. The Kier molecular flexibility index (Phi) is 64.0. The van der Waals surface area contributed by atoms with E-state index in [1.54, 1.807) is 0 Å². The van der Waals surface area contributed by atoms with Crippen molar-refractivity contribution in [2.24, 2.45) is 5.92 Å². The number of hydrogen-bond donors (Lipinski definition) is 0. The topological polar surface area (TPSA) is 0 Å². The van der Waals surface area contributed by atoms with Gasteiger partial charge in [-0.15, -0.1) is 0 Å². The largest absolute Gasteiger partial charge is 0.0654 e. The van der Waals surface area contributed by atoms with E-state index in [9.17, 15) is 0 Å².